The molecule has 1 N–H and O–H groups in total. The number of ether oxygens (including phenoxy) is 5. The van der Waals surface area contributed by atoms with Crippen molar-refractivity contribution in [1.82, 2.24) is 10.2 Å². The van der Waals surface area contributed by atoms with Crippen molar-refractivity contribution in [3.63, 3.8) is 0 Å². The van der Waals surface area contributed by atoms with Gasteiger partial charge in [0.2, 0.25) is 10.6 Å². The Labute approximate surface area is 236 Å². The first kappa shape index (κ1) is 26.9. The van der Waals surface area contributed by atoms with Crippen LogP contribution in [0.5, 0.6) is 23.0 Å². The van der Waals surface area contributed by atoms with Crippen molar-refractivity contribution in [2.45, 2.75) is 42.6 Å². The Balaban J connectivity index is 1.50. The van der Waals surface area contributed by atoms with Gasteiger partial charge >= 0.3 is 6.09 Å². The molecule has 0 spiro atoms. The predicted molar refractivity (Wildman–Crippen MR) is 147 cm³/mol. The molecule has 8 nitrogen and oxygen atoms in total. The van der Waals surface area contributed by atoms with Gasteiger partial charge in [0.1, 0.15) is 18.2 Å². The molecule has 11 heteroatoms. The average molecular weight is 584 g/mol. The molecule has 38 heavy (non-hydrogen) atoms. The maximum absolute atomic E-state index is 12.0. The van der Waals surface area contributed by atoms with Gasteiger partial charge in [0, 0.05) is 23.4 Å². The van der Waals surface area contributed by atoms with E-state index >= 15 is 0 Å². The van der Waals surface area contributed by atoms with Gasteiger partial charge in [-0.05, 0) is 62.6 Å². The van der Waals surface area contributed by atoms with Crippen molar-refractivity contribution < 1.29 is 28.5 Å². The molecule has 0 aromatic heterocycles. The first-order chi connectivity index (χ1) is 18.0. The van der Waals surface area contributed by atoms with Crippen LogP contribution in [-0.4, -0.2) is 54.0 Å². The van der Waals surface area contributed by atoms with E-state index < -0.39 is 21.5 Å². The molecular weight excluding hydrogens is 555 g/mol. The number of fused-ring (bicyclic) bond motifs is 5. The van der Waals surface area contributed by atoms with Crippen LogP contribution in [0.3, 0.4) is 0 Å². The highest BCUT2D eigenvalue weighted by Gasteiger charge is 2.46. The molecule has 0 bridgehead atoms. The molecule has 1 amide bonds. The summed E-state index contributed by atoms with van der Waals surface area (Å²) in [7, 11) is 1.56. The molecule has 3 aliphatic rings. The van der Waals surface area contributed by atoms with E-state index in [9.17, 15) is 4.79 Å². The average Bonchev–Trinajstić information content (AvgIpc) is 3.29. The largest absolute Gasteiger partial charge is 0.493 e. The summed E-state index contributed by atoms with van der Waals surface area (Å²) in [6, 6.07) is 7.09. The Morgan fingerprint density at radius 1 is 1.16 bits per heavy atom. The van der Waals surface area contributed by atoms with E-state index in [2.05, 4.69) is 16.3 Å². The number of hydrogen-bond donors (Lipinski definition) is 1. The summed E-state index contributed by atoms with van der Waals surface area (Å²) in [6.45, 7) is 6.59. The highest BCUT2D eigenvalue weighted by molar-refractivity contribution is 6.68. The van der Waals surface area contributed by atoms with Gasteiger partial charge in [0.05, 0.1) is 13.7 Å². The summed E-state index contributed by atoms with van der Waals surface area (Å²) < 4.78 is 26.6. The Hall–Kier alpha value is -2.68. The van der Waals surface area contributed by atoms with Crippen LogP contribution in [0.25, 0.3) is 11.8 Å². The molecule has 0 radical (unpaired) electrons. The van der Waals surface area contributed by atoms with Gasteiger partial charge in [-0.2, -0.15) is 0 Å². The van der Waals surface area contributed by atoms with Crippen molar-refractivity contribution in [2.24, 2.45) is 0 Å². The second kappa shape index (κ2) is 10.1. The Morgan fingerprint density at radius 2 is 1.89 bits per heavy atom. The molecule has 2 aromatic rings. The van der Waals surface area contributed by atoms with Crippen molar-refractivity contribution in [3.05, 3.63) is 46.5 Å². The third-order valence-corrected chi connectivity index (χ3v) is 7.04. The van der Waals surface area contributed by atoms with E-state index in [0.29, 0.717) is 29.4 Å². The van der Waals surface area contributed by atoms with Crippen LogP contribution >= 0.6 is 34.8 Å². The van der Waals surface area contributed by atoms with E-state index in [4.69, 9.17) is 58.5 Å². The fraction of sp³-hybridized carbons (Fsp3) is 0.444. The maximum atomic E-state index is 12.0. The smallest absolute Gasteiger partial charge is 0.407 e. The summed E-state index contributed by atoms with van der Waals surface area (Å²) in [6.07, 6.45) is 2.27. The van der Waals surface area contributed by atoms with E-state index in [1.54, 1.807) is 27.9 Å². The van der Waals surface area contributed by atoms with Gasteiger partial charge in [-0.15, -0.1) is 0 Å². The van der Waals surface area contributed by atoms with Crippen LogP contribution in [0, 0.1) is 0 Å². The molecule has 0 fully saturated rings. The third kappa shape index (κ3) is 5.26. The molecule has 0 saturated heterocycles. The minimum absolute atomic E-state index is 0.154. The molecule has 0 saturated carbocycles. The number of carbonyl (C=O) groups is 1. The number of carbonyl (C=O) groups excluding carboxylic acids is 1. The summed E-state index contributed by atoms with van der Waals surface area (Å²) in [5.74, 6) is 2.39. The zero-order valence-electron chi connectivity index (χ0n) is 21.5. The first-order valence-corrected chi connectivity index (χ1v) is 13.4. The summed E-state index contributed by atoms with van der Waals surface area (Å²) in [5.41, 5.74) is 4.02. The third-order valence-electron chi connectivity index (χ3n) is 6.42. The molecule has 3 aliphatic heterocycles. The lowest BCUT2D eigenvalue weighted by molar-refractivity contribution is 0.0520. The fourth-order valence-electron chi connectivity index (χ4n) is 4.95. The monoisotopic (exact) mass is 582 g/mol. The summed E-state index contributed by atoms with van der Waals surface area (Å²) in [5, 5.41) is 2.70. The SMILES string of the molecule is COc1ccc2c(c1OCCNC(=O)OC(C)(C)C)[C@H](C(Cl)(Cl)Cl)N1CCc3cc4c(cc3C1=C2)OCO4. The van der Waals surface area contributed by atoms with Gasteiger partial charge < -0.3 is 33.9 Å². The van der Waals surface area contributed by atoms with Gasteiger partial charge in [-0.3, -0.25) is 0 Å². The number of hydrogen-bond acceptors (Lipinski definition) is 7. The van der Waals surface area contributed by atoms with Crippen LogP contribution < -0.4 is 24.3 Å². The second-order valence-electron chi connectivity index (χ2n) is 10.2. The zero-order valence-corrected chi connectivity index (χ0v) is 23.8. The quantitative estimate of drug-likeness (QED) is 0.336. The van der Waals surface area contributed by atoms with E-state index in [0.717, 1.165) is 34.6 Å². The summed E-state index contributed by atoms with van der Waals surface area (Å²) >= 11 is 20.0. The van der Waals surface area contributed by atoms with Crippen molar-refractivity contribution in [1.29, 1.82) is 0 Å². The molecule has 2 aromatic carbocycles. The lowest BCUT2D eigenvalue weighted by Crippen LogP contribution is -2.41. The van der Waals surface area contributed by atoms with E-state index in [1.165, 1.54) is 0 Å². The molecule has 5 rings (SSSR count). The Bertz CT molecular complexity index is 1290. The number of amides is 1. The molecule has 1 atom stereocenters. The number of methoxy groups -OCH3 is 1. The fourth-order valence-corrected chi connectivity index (χ4v) is 5.63. The number of rotatable bonds is 5. The normalized spacial score (nSPS) is 17.6. The summed E-state index contributed by atoms with van der Waals surface area (Å²) in [4.78, 5) is 14.1. The predicted octanol–water partition coefficient (Wildman–Crippen LogP) is 6.11. The molecule has 204 valence electrons. The van der Waals surface area contributed by atoms with Crippen LogP contribution in [0.1, 0.15) is 49.1 Å². The van der Waals surface area contributed by atoms with E-state index in [1.807, 2.05) is 24.3 Å². The van der Waals surface area contributed by atoms with Crippen LogP contribution in [0.2, 0.25) is 0 Å². The highest BCUT2D eigenvalue weighted by Crippen LogP contribution is 2.56. The molecule has 0 aliphatic carbocycles. The van der Waals surface area contributed by atoms with Gasteiger partial charge in [-0.25, -0.2) is 4.79 Å². The Morgan fingerprint density at radius 3 is 2.58 bits per heavy atom. The van der Waals surface area contributed by atoms with Gasteiger partial charge in [-0.1, -0.05) is 40.9 Å². The zero-order chi connectivity index (χ0) is 27.2. The highest BCUT2D eigenvalue weighted by atomic mass is 35.6. The van der Waals surface area contributed by atoms with Crippen molar-refractivity contribution in [3.8, 4) is 23.0 Å². The number of nitrogens with zero attached hydrogens (tertiary/aromatic N) is 1. The van der Waals surface area contributed by atoms with Gasteiger partial charge in [0.25, 0.3) is 0 Å². The minimum atomic E-state index is -1.69. The second-order valence-corrected chi connectivity index (χ2v) is 12.5. The lowest BCUT2D eigenvalue weighted by atomic mass is 9.86. The number of halogens is 3. The number of benzene rings is 2. The minimum Gasteiger partial charge on any atom is -0.493 e. The standard InChI is InChI=1S/C27H29Cl3N2O6/c1-26(2,3)38-25(33)31-8-10-35-23-19(34-4)6-5-16-11-18-17-13-21-20(36-14-37-21)12-15(17)7-9-32(18)24(22(16)23)27(28,29)30/h5-6,11-13,24H,7-10,14H2,1-4H3,(H,31,33)/t24-/m1/s1. The van der Waals surface area contributed by atoms with Crippen LogP contribution in [-0.2, 0) is 11.2 Å². The first-order valence-electron chi connectivity index (χ1n) is 12.2. The Kier molecular flexibility index (Phi) is 7.18. The molecule has 3 heterocycles. The molecule has 0 unspecified atom stereocenters. The number of alkyl halides is 3. The van der Waals surface area contributed by atoms with Crippen LogP contribution in [0.15, 0.2) is 24.3 Å². The van der Waals surface area contributed by atoms with Gasteiger partial charge in [0.15, 0.2) is 23.0 Å². The van der Waals surface area contributed by atoms with Crippen molar-refractivity contribution >= 4 is 52.7 Å². The van der Waals surface area contributed by atoms with Crippen molar-refractivity contribution in [2.75, 3.05) is 33.6 Å². The molecular formula is C27H29Cl3N2O6. The van der Waals surface area contributed by atoms with Crippen LogP contribution in [0.4, 0.5) is 4.79 Å². The number of alkyl carbamates (subject to hydrolysis) is 1. The maximum Gasteiger partial charge on any atom is 0.407 e. The van der Waals surface area contributed by atoms with E-state index in [-0.39, 0.29) is 19.9 Å². The number of nitrogens with one attached hydrogen (secondary N) is 1. The topological polar surface area (TPSA) is 78.5 Å². The lowest BCUT2D eigenvalue weighted by Gasteiger charge is -2.45.